The molecule has 0 aliphatic rings. The molecule has 0 saturated heterocycles. The van der Waals surface area contributed by atoms with Gasteiger partial charge in [0.15, 0.2) is 5.96 Å². The molecule has 0 spiro atoms. The summed E-state index contributed by atoms with van der Waals surface area (Å²) in [6.07, 6.45) is -3.40. The summed E-state index contributed by atoms with van der Waals surface area (Å²) in [4.78, 5) is 13.4. The van der Waals surface area contributed by atoms with Gasteiger partial charge in [0.2, 0.25) is 5.95 Å². The Hall–Kier alpha value is -2.11. The van der Waals surface area contributed by atoms with E-state index in [9.17, 15) is 13.2 Å². The highest BCUT2D eigenvalue weighted by Gasteiger charge is 2.32. The smallest absolute Gasteiger partial charge is 0.354 e. The highest BCUT2D eigenvalue weighted by molar-refractivity contribution is 14.0. The van der Waals surface area contributed by atoms with E-state index in [1.807, 2.05) is 42.3 Å². The normalized spacial score (nSPS) is 11.5. The van der Waals surface area contributed by atoms with Crippen molar-refractivity contribution in [1.29, 1.82) is 0 Å². The molecular weight excluding hydrogens is 472 g/mol. The number of guanidine groups is 1. The van der Waals surface area contributed by atoms with Crippen LogP contribution in [0.1, 0.15) is 11.3 Å². The topological polar surface area (TPSA) is 65.4 Å². The molecule has 0 aliphatic carbocycles. The monoisotopic (exact) mass is 494 g/mol. The van der Waals surface area contributed by atoms with Crippen molar-refractivity contribution in [3.63, 3.8) is 0 Å². The number of alkyl halides is 3. The van der Waals surface area contributed by atoms with E-state index in [1.165, 1.54) is 0 Å². The van der Waals surface area contributed by atoms with Crippen LogP contribution >= 0.6 is 24.0 Å². The lowest BCUT2D eigenvalue weighted by Gasteiger charge is -2.22. The number of aliphatic imine (C=N–C) groups is 1. The molecule has 1 aromatic carbocycles. The maximum Gasteiger partial charge on any atom is 0.433 e. The molecule has 0 saturated carbocycles. The Kier molecular flexibility index (Phi) is 9.26. The Morgan fingerprint density at radius 1 is 1.15 bits per heavy atom. The molecule has 0 bridgehead atoms. The highest BCUT2D eigenvalue weighted by Crippen LogP contribution is 2.27. The number of nitrogens with one attached hydrogen (secondary N) is 2. The Bertz CT molecular complexity index is 724. The molecule has 148 valence electrons. The molecule has 10 heteroatoms. The predicted octanol–water partition coefficient (Wildman–Crippen LogP) is 3.23. The van der Waals surface area contributed by atoms with E-state index in [0.29, 0.717) is 25.6 Å². The summed E-state index contributed by atoms with van der Waals surface area (Å²) in [6.45, 7) is 1.48. The summed E-state index contributed by atoms with van der Waals surface area (Å²) >= 11 is 0. The second kappa shape index (κ2) is 10.9. The molecule has 2 rings (SSSR count). The maximum atomic E-state index is 12.6. The van der Waals surface area contributed by atoms with Crippen LogP contribution in [-0.4, -0.2) is 48.0 Å². The van der Waals surface area contributed by atoms with Gasteiger partial charge in [0, 0.05) is 39.9 Å². The summed E-state index contributed by atoms with van der Waals surface area (Å²) in [6, 6.07) is 10.8. The zero-order valence-corrected chi connectivity index (χ0v) is 17.3. The van der Waals surface area contributed by atoms with Crippen LogP contribution in [0.15, 0.2) is 47.6 Å². The van der Waals surface area contributed by atoms with Gasteiger partial charge in [-0.25, -0.2) is 9.97 Å². The van der Waals surface area contributed by atoms with Gasteiger partial charge in [-0.15, -0.1) is 24.0 Å². The minimum absolute atomic E-state index is 0. The second-order valence-electron chi connectivity index (χ2n) is 5.51. The molecule has 2 N–H and O–H groups in total. The number of hydrogen-bond acceptors (Lipinski definition) is 4. The van der Waals surface area contributed by atoms with Crippen molar-refractivity contribution in [3.05, 3.63) is 53.9 Å². The fourth-order valence-corrected chi connectivity index (χ4v) is 2.27. The fraction of sp³-hybridized carbons (Fsp3) is 0.353. The van der Waals surface area contributed by atoms with Crippen LogP contribution in [0.5, 0.6) is 0 Å². The molecule has 6 nitrogen and oxygen atoms in total. The van der Waals surface area contributed by atoms with E-state index in [4.69, 9.17) is 0 Å². The number of hydrogen-bond donors (Lipinski definition) is 2. The average molecular weight is 494 g/mol. The van der Waals surface area contributed by atoms with Gasteiger partial charge < -0.3 is 15.5 Å². The quantitative estimate of drug-likeness (QED) is 0.280. The molecular formula is C17H22F3IN6. The first-order valence-corrected chi connectivity index (χ1v) is 8.00. The van der Waals surface area contributed by atoms with Crippen LogP contribution in [0, 0.1) is 0 Å². The third kappa shape index (κ3) is 7.57. The number of halogens is 4. The van der Waals surface area contributed by atoms with Gasteiger partial charge in [-0.2, -0.15) is 13.2 Å². The second-order valence-corrected chi connectivity index (χ2v) is 5.51. The third-order valence-corrected chi connectivity index (χ3v) is 3.47. The zero-order chi connectivity index (χ0) is 19.0. The molecule has 1 heterocycles. The average Bonchev–Trinajstić information content (AvgIpc) is 2.62. The highest BCUT2D eigenvalue weighted by atomic mass is 127. The summed E-state index contributed by atoms with van der Waals surface area (Å²) < 4.78 is 37.9. The van der Waals surface area contributed by atoms with E-state index in [-0.39, 0.29) is 29.9 Å². The van der Waals surface area contributed by atoms with Gasteiger partial charge in [0.25, 0.3) is 0 Å². The zero-order valence-electron chi connectivity index (χ0n) is 15.0. The number of rotatable bonds is 6. The largest absolute Gasteiger partial charge is 0.433 e. The Balaban J connectivity index is 0.00000364. The van der Waals surface area contributed by atoms with Crippen LogP contribution in [0.2, 0.25) is 0 Å². The van der Waals surface area contributed by atoms with E-state index in [2.05, 4.69) is 25.6 Å². The van der Waals surface area contributed by atoms with Gasteiger partial charge in [0.05, 0.1) is 0 Å². The minimum atomic E-state index is -4.49. The first-order valence-electron chi connectivity index (χ1n) is 8.00. The molecule has 27 heavy (non-hydrogen) atoms. The van der Waals surface area contributed by atoms with Crippen molar-refractivity contribution in [2.45, 2.75) is 12.7 Å². The lowest BCUT2D eigenvalue weighted by atomic mass is 10.2. The number of benzene rings is 1. The molecule has 1 aromatic heterocycles. The molecule has 0 aliphatic heterocycles. The first-order chi connectivity index (χ1) is 12.4. The van der Waals surface area contributed by atoms with Gasteiger partial charge in [-0.1, -0.05) is 30.3 Å². The summed E-state index contributed by atoms with van der Waals surface area (Å²) in [5.41, 5.74) is 0.176. The molecule has 0 unspecified atom stereocenters. The van der Waals surface area contributed by atoms with Crippen molar-refractivity contribution in [3.8, 4) is 0 Å². The van der Waals surface area contributed by atoms with Crippen molar-refractivity contribution >= 4 is 35.9 Å². The van der Waals surface area contributed by atoms with Crippen LogP contribution in [0.3, 0.4) is 0 Å². The van der Waals surface area contributed by atoms with Crippen molar-refractivity contribution in [1.82, 2.24) is 20.2 Å². The van der Waals surface area contributed by atoms with Crippen LogP contribution in [0.4, 0.5) is 19.1 Å². The SMILES string of the molecule is CN=C(NCCNc1nccc(C(F)(F)F)n1)N(C)Cc1ccccc1.I. The lowest BCUT2D eigenvalue weighted by molar-refractivity contribution is -0.141. The van der Waals surface area contributed by atoms with Crippen LogP contribution in [-0.2, 0) is 12.7 Å². The van der Waals surface area contributed by atoms with Crippen molar-refractivity contribution in [2.24, 2.45) is 4.99 Å². The number of nitrogens with zero attached hydrogens (tertiary/aromatic N) is 4. The fourth-order valence-electron chi connectivity index (χ4n) is 2.27. The summed E-state index contributed by atoms with van der Waals surface area (Å²) in [5, 5.41) is 5.91. The number of aromatic nitrogens is 2. The summed E-state index contributed by atoms with van der Waals surface area (Å²) in [5.74, 6) is 0.620. The molecule has 2 aromatic rings. The predicted molar refractivity (Wildman–Crippen MR) is 110 cm³/mol. The Morgan fingerprint density at radius 2 is 1.85 bits per heavy atom. The molecule has 0 amide bonds. The Morgan fingerprint density at radius 3 is 2.48 bits per heavy atom. The lowest BCUT2D eigenvalue weighted by Crippen LogP contribution is -2.40. The van der Waals surface area contributed by atoms with E-state index >= 15 is 0 Å². The Labute approximate surface area is 173 Å². The van der Waals surface area contributed by atoms with E-state index in [1.54, 1.807) is 7.05 Å². The van der Waals surface area contributed by atoms with Gasteiger partial charge in [-0.05, 0) is 11.6 Å². The maximum absolute atomic E-state index is 12.6. The van der Waals surface area contributed by atoms with Crippen LogP contribution < -0.4 is 10.6 Å². The first kappa shape index (κ1) is 22.9. The minimum Gasteiger partial charge on any atom is -0.354 e. The van der Waals surface area contributed by atoms with E-state index in [0.717, 1.165) is 17.8 Å². The number of anilines is 1. The van der Waals surface area contributed by atoms with E-state index < -0.39 is 11.9 Å². The van der Waals surface area contributed by atoms with Crippen molar-refractivity contribution in [2.75, 3.05) is 32.5 Å². The van der Waals surface area contributed by atoms with Gasteiger partial charge >= 0.3 is 6.18 Å². The van der Waals surface area contributed by atoms with Gasteiger partial charge in [-0.3, -0.25) is 4.99 Å². The third-order valence-electron chi connectivity index (χ3n) is 3.47. The molecule has 0 atom stereocenters. The van der Waals surface area contributed by atoms with Gasteiger partial charge in [0.1, 0.15) is 5.69 Å². The standard InChI is InChI=1S/C17H21F3N6.HI/c1-21-16(26(2)12-13-6-4-3-5-7-13)24-11-10-23-15-22-9-8-14(25-15)17(18,19)20;/h3-9H,10-12H2,1-2H3,(H,21,24)(H,22,23,25);1H. The summed E-state index contributed by atoms with van der Waals surface area (Å²) in [7, 11) is 3.58. The molecule has 0 radical (unpaired) electrons. The molecule has 0 fully saturated rings. The van der Waals surface area contributed by atoms with Crippen LogP contribution in [0.25, 0.3) is 0 Å². The van der Waals surface area contributed by atoms with Crippen molar-refractivity contribution < 1.29 is 13.2 Å².